The van der Waals surface area contributed by atoms with Crippen molar-refractivity contribution in [2.45, 2.75) is 68.3 Å². The van der Waals surface area contributed by atoms with Crippen molar-refractivity contribution in [1.82, 2.24) is 0 Å². The van der Waals surface area contributed by atoms with Gasteiger partial charge in [0.25, 0.3) is 0 Å². The van der Waals surface area contributed by atoms with Crippen molar-refractivity contribution in [1.29, 1.82) is 0 Å². The fourth-order valence-electron chi connectivity index (χ4n) is 3.27. The van der Waals surface area contributed by atoms with Crippen LogP contribution in [0.4, 0.5) is 0 Å². The van der Waals surface area contributed by atoms with Crippen LogP contribution in [0.25, 0.3) is 0 Å². The van der Waals surface area contributed by atoms with Crippen LogP contribution in [-0.2, 0) is 17.6 Å². The Morgan fingerprint density at radius 2 is 1.08 bits per heavy atom. The van der Waals surface area contributed by atoms with Gasteiger partial charge >= 0.3 is 0 Å². The third-order valence-corrected chi connectivity index (χ3v) is 9.73. The van der Waals surface area contributed by atoms with E-state index < -0.39 is 0 Å². The summed E-state index contributed by atoms with van der Waals surface area (Å²) in [5.41, 5.74) is 2.26. The fraction of sp³-hybridized carbons (Fsp3) is 0.381. The first-order chi connectivity index (χ1) is 12.2. The molecule has 0 radical (unpaired) electrons. The van der Waals surface area contributed by atoms with Crippen LogP contribution in [0, 0.1) is 0 Å². The van der Waals surface area contributed by atoms with E-state index in [1.54, 1.807) is 0 Å². The van der Waals surface area contributed by atoms with Crippen LogP contribution in [0.1, 0.15) is 38.8 Å². The lowest BCUT2D eigenvalue weighted by atomic mass is 10.0. The molecule has 0 aromatic heterocycles. The molecule has 26 heavy (non-hydrogen) atoms. The number of carbonyl (C=O) groups is 1. The predicted molar refractivity (Wildman–Crippen MR) is 117 cm³/mol. The molecule has 0 unspecified atom stereocenters. The number of rotatable bonds is 4. The summed E-state index contributed by atoms with van der Waals surface area (Å²) in [5.74, 6) is 0.287. The Bertz CT molecular complexity index is 814. The van der Waals surface area contributed by atoms with E-state index in [2.05, 4.69) is 64.1 Å². The molecule has 2 aliphatic rings. The van der Waals surface area contributed by atoms with Gasteiger partial charge in [0, 0.05) is 32.4 Å². The molecule has 0 aliphatic carbocycles. The molecular formula is C21H22OS4. The van der Waals surface area contributed by atoms with Crippen LogP contribution in [0.3, 0.4) is 0 Å². The highest BCUT2D eigenvalue weighted by molar-refractivity contribution is 8.21. The Balaban J connectivity index is 1.43. The second-order valence-corrected chi connectivity index (χ2v) is 14.8. The molecule has 0 spiro atoms. The van der Waals surface area contributed by atoms with Gasteiger partial charge in [-0.3, -0.25) is 4.79 Å². The van der Waals surface area contributed by atoms with Gasteiger partial charge in [-0.05, 0) is 63.1 Å². The number of carbonyl (C=O) groups excluding carboxylic acids is 1. The first kappa shape index (κ1) is 18.9. The van der Waals surface area contributed by atoms with Crippen LogP contribution in [0.2, 0.25) is 0 Å². The molecule has 0 fully saturated rings. The monoisotopic (exact) mass is 418 g/mol. The van der Waals surface area contributed by atoms with E-state index in [0.29, 0.717) is 12.8 Å². The van der Waals surface area contributed by atoms with Crippen LogP contribution in [0.15, 0.2) is 56.0 Å². The molecule has 0 saturated carbocycles. The molecule has 2 heterocycles. The average molecular weight is 419 g/mol. The summed E-state index contributed by atoms with van der Waals surface area (Å²) >= 11 is 7.61. The maximum atomic E-state index is 12.6. The summed E-state index contributed by atoms with van der Waals surface area (Å²) < 4.78 is 0.387. The van der Waals surface area contributed by atoms with E-state index in [0.717, 1.165) is 11.1 Å². The van der Waals surface area contributed by atoms with Crippen molar-refractivity contribution in [3.05, 3.63) is 47.5 Å². The zero-order chi connectivity index (χ0) is 18.5. The summed E-state index contributed by atoms with van der Waals surface area (Å²) in [6, 6.07) is 13.0. The van der Waals surface area contributed by atoms with E-state index >= 15 is 0 Å². The molecule has 2 aliphatic heterocycles. The average Bonchev–Trinajstić information content (AvgIpc) is 2.98. The molecule has 0 amide bonds. The molecule has 4 rings (SSSR count). The normalized spacial score (nSPS) is 19.2. The van der Waals surface area contributed by atoms with E-state index in [9.17, 15) is 4.79 Å². The van der Waals surface area contributed by atoms with Gasteiger partial charge in [-0.2, -0.15) is 0 Å². The number of ketones is 1. The molecule has 2 aromatic carbocycles. The number of hydrogen-bond acceptors (Lipinski definition) is 5. The lowest BCUT2D eigenvalue weighted by molar-refractivity contribution is -0.117. The lowest BCUT2D eigenvalue weighted by Crippen LogP contribution is -2.06. The molecular weight excluding hydrogens is 396 g/mol. The fourth-order valence-corrected chi connectivity index (χ4v) is 8.65. The minimum absolute atomic E-state index is 0.193. The highest BCUT2D eigenvalue weighted by Gasteiger charge is 2.31. The van der Waals surface area contributed by atoms with Crippen LogP contribution in [0.5, 0.6) is 0 Å². The first-order valence-electron chi connectivity index (χ1n) is 8.73. The molecule has 0 N–H and O–H groups in total. The van der Waals surface area contributed by atoms with Crippen molar-refractivity contribution in [3.63, 3.8) is 0 Å². The Morgan fingerprint density at radius 3 is 1.50 bits per heavy atom. The van der Waals surface area contributed by atoms with Crippen LogP contribution < -0.4 is 0 Å². The smallest absolute Gasteiger partial charge is 0.141 e. The molecule has 1 nitrogen and oxygen atoms in total. The van der Waals surface area contributed by atoms with Gasteiger partial charge in [0.2, 0.25) is 0 Å². The topological polar surface area (TPSA) is 17.1 Å². The van der Waals surface area contributed by atoms with Gasteiger partial charge in [0.1, 0.15) is 5.78 Å². The van der Waals surface area contributed by atoms with E-state index in [1.807, 2.05) is 47.0 Å². The number of Topliss-reactive ketones (excluding diaryl/α,β-unsaturated/α-hetero) is 1. The zero-order valence-corrected chi connectivity index (χ0v) is 18.7. The van der Waals surface area contributed by atoms with Crippen molar-refractivity contribution < 1.29 is 4.79 Å². The maximum absolute atomic E-state index is 12.6. The largest absolute Gasteiger partial charge is 0.299 e. The summed E-state index contributed by atoms with van der Waals surface area (Å²) in [4.78, 5) is 17.9. The molecule has 2 aromatic rings. The minimum Gasteiger partial charge on any atom is -0.299 e. The second kappa shape index (κ2) is 6.84. The quantitative estimate of drug-likeness (QED) is 0.535. The second-order valence-electron chi connectivity index (χ2n) is 7.66. The summed E-state index contributed by atoms with van der Waals surface area (Å²) in [6.45, 7) is 8.99. The highest BCUT2D eigenvalue weighted by Crippen LogP contribution is 2.56. The number of benzene rings is 2. The first-order valence-corrected chi connectivity index (χ1v) is 12.0. The number of fused-ring (bicyclic) bond motifs is 2. The lowest BCUT2D eigenvalue weighted by Gasteiger charge is -2.12. The highest BCUT2D eigenvalue weighted by atomic mass is 32.2. The predicted octanol–water partition coefficient (Wildman–Crippen LogP) is 6.91. The Kier molecular flexibility index (Phi) is 4.96. The molecule has 136 valence electrons. The van der Waals surface area contributed by atoms with Gasteiger partial charge < -0.3 is 0 Å². The van der Waals surface area contributed by atoms with Crippen molar-refractivity contribution in [2.75, 3.05) is 0 Å². The van der Waals surface area contributed by atoms with Crippen molar-refractivity contribution in [3.8, 4) is 0 Å². The minimum atomic E-state index is 0.193. The van der Waals surface area contributed by atoms with Crippen LogP contribution in [-0.4, -0.2) is 13.9 Å². The summed E-state index contributed by atoms with van der Waals surface area (Å²) in [7, 11) is 0. The van der Waals surface area contributed by atoms with Crippen molar-refractivity contribution >= 4 is 52.8 Å². The Morgan fingerprint density at radius 1 is 0.692 bits per heavy atom. The van der Waals surface area contributed by atoms with E-state index in [-0.39, 0.29) is 13.9 Å². The Hall–Kier alpha value is -0.490. The van der Waals surface area contributed by atoms with Gasteiger partial charge in [-0.1, -0.05) is 12.1 Å². The standard InChI is InChI=1S/C21H22OS4/c1-20(2)23-16-7-5-13(11-18(16)25-20)9-15(22)10-14-6-8-17-19(12-14)26-21(3,4)24-17/h5-8,11-12H,9-10H2,1-4H3. The number of hydrogen-bond donors (Lipinski definition) is 0. The van der Waals surface area contributed by atoms with Crippen LogP contribution >= 0.6 is 47.0 Å². The molecule has 0 atom stereocenters. The molecule has 0 bridgehead atoms. The molecule has 0 saturated heterocycles. The summed E-state index contributed by atoms with van der Waals surface area (Å²) in [6.07, 6.45) is 1.03. The van der Waals surface area contributed by atoms with Gasteiger partial charge in [-0.15, -0.1) is 47.0 Å². The van der Waals surface area contributed by atoms with E-state index in [1.165, 1.54) is 19.6 Å². The third-order valence-electron chi connectivity index (χ3n) is 4.24. The van der Waals surface area contributed by atoms with Gasteiger partial charge in [0.15, 0.2) is 0 Å². The van der Waals surface area contributed by atoms with Crippen molar-refractivity contribution in [2.24, 2.45) is 0 Å². The van der Waals surface area contributed by atoms with Gasteiger partial charge in [-0.25, -0.2) is 0 Å². The maximum Gasteiger partial charge on any atom is 0.141 e. The SMILES string of the molecule is CC1(C)Sc2ccc(CC(=O)Cc3ccc4c(c3)SC(C)(C)S4)cc2S1. The van der Waals surface area contributed by atoms with E-state index in [4.69, 9.17) is 0 Å². The summed E-state index contributed by atoms with van der Waals surface area (Å²) in [5, 5.41) is 0. The Labute approximate surface area is 172 Å². The van der Waals surface area contributed by atoms with Gasteiger partial charge in [0.05, 0.1) is 8.16 Å². The molecule has 5 heteroatoms. The third kappa shape index (κ3) is 4.16. The number of thioether (sulfide) groups is 4. The zero-order valence-electron chi connectivity index (χ0n) is 15.4.